The van der Waals surface area contributed by atoms with Gasteiger partial charge in [0.2, 0.25) is 5.91 Å². The second-order valence-electron chi connectivity index (χ2n) is 7.48. The lowest BCUT2D eigenvalue weighted by molar-refractivity contribution is -0.114. The lowest BCUT2D eigenvalue weighted by Gasteiger charge is -2.21. The van der Waals surface area contributed by atoms with Gasteiger partial charge in [-0.25, -0.2) is 4.98 Å². The van der Waals surface area contributed by atoms with Gasteiger partial charge in [-0.2, -0.15) is 5.10 Å². The van der Waals surface area contributed by atoms with E-state index in [4.69, 9.17) is 4.74 Å². The highest BCUT2D eigenvalue weighted by Crippen LogP contribution is 2.46. The number of fused-ring (bicyclic) bond motifs is 3. The first-order valence-electron chi connectivity index (χ1n) is 9.62. The number of hydrogen-bond acceptors (Lipinski definition) is 6. The lowest BCUT2D eigenvalue weighted by Crippen LogP contribution is -2.27. The summed E-state index contributed by atoms with van der Waals surface area (Å²) in [6, 6.07) is 0.0723. The third kappa shape index (κ3) is 4.19. The molecule has 0 aliphatic heterocycles. The molecule has 1 aliphatic rings. The Balaban J connectivity index is 1.99. The Bertz CT molecular complexity index is 960. The standard InChI is InChI=1S/C20H27N5O3S/c1-10(2)25-17-15(16(24-25)19(27)21-8-7-12(4)28-6)11(3)9-14-18(17)29-20(23-14)22-13(5)26/h10-11H,4,7-9H2,1-3,5-6H3,(H,21,27)(H,22,23,26). The molecule has 0 fully saturated rings. The molecule has 8 nitrogen and oxygen atoms in total. The Morgan fingerprint density at radius 3 is 2.76 bits per heavy atom. The van der Waals surface area contributed by atoms with Crippen LogP contribution >= 0.6 is 11.3 Å². The summed E-state index contributed by atoms with van der Waals surface area (Å²) in [4.78, 5) is 29.9. The van der Waals surface area contributed by atoms with Crippen molar-refractivity contribution in [2.75, 3.05) is 19.0 Å². The molecule has 3 rings (SSSR count). The number of anilines is 1. The average molecular weight is 418 g/mol. The molecule has 29 heavy (non-hydrogen) atoms. The second-order valence-corrected chi connectivity index (χ2v) is 8.48. The Morgan fingerprint density at radius 2 is 2.14 bits per heavy atom. The lowest BCUT2D eigenvalue weighted by atomic mass is 9.87. The van der Waals surface area contributed by atoms with E-state index in [2.05, 4.69) is 34.2 Å². The van der Waals surface area contributed by atoms with Crippen molar-refractivity contribution in [2.24, 2.45) is 0 Å². The Morgan fingerprint density at radius 1 is 1.41 bits per heavy atom. The monoisotopic (exact) mass is 417 g/mol. The maximum absolute atomic E-state index is 12.9. The van der Waals surface area contributed by atoms with Crippen LogP contribution < -0.4 is 10.6 Å². The number of ether oxygens (including phenoxy) is 1. The fraction of sp³-hybridized carbons (Fsp3) is 0.500. The maximum atomic E-state index is 12.9. The van der Waals surface area contributed by atoms with Crippen molar-refractivity contribution in [2.45, 2.75) is 52.5 Å². The summed E-state index contributed by atoms with van der Waals surface area (Å²) in [7, 11) is 1.56. The van der Waals surface area contributed by atoms with Crippen LogP contribution in [-0.4, -0.2) is 40.2 Å². The van der Waals surface area contributed by atoms with Crippen molar-refractivity contribution in [1.29, 1.82) is 0 Å². The molecule has 0 bridgehead atoms. The largest absolute Gasteiger partial charge is 0.502 e. The molecule has 156 valence electrons. The van der Waals surface area contributed by atoms with Crippen molar-refractivity contribution in [1.82, 2.24) is 20.1 Å². The molecule has 0 spiro atoms. The summed E-state index contributed by atoms with van der Waals surface area (Å²) in [5, 5.41) is 10.9. The van der Waals surface area contributed by atoms with Crippen molar-refractivity contribution >= 4 is 28.3 Å². The van der Waals surface area contributed by atoms with Gasteiger partial charge in [0.05, 0.1) is 29.1 Å². The van der Waals surface area contributed by atoms with E-state index in [1.807, 2.05) is 18.5 Å². The van der Waals surface area contributed by atoms with E-state index >= 15 is 0 Å². The predicted octanol–water partition coefficient (Wildman–Crippen LogP) is 3.49. The normalized spacial score (nSPS) is 14.9. The number of amides is 2. The minimum Gasteiger partial charge on any atom is -0.502 e. The quantitative estimate of drug-likeness (QED) is 0.672. The molecule has 1 atom stereocenters. The summed E-state index contributed by atoms with van der Waals surface area (Å²) < 4.78 is 6.94. The van der Waals surface area contributed by atoms with Crippen LogP contribution in [0.2, 0.25) is 0 Å². The predicted molar refractivity (Wildman–Crippen MR) is 113 cm³/mol. The number of carbonyl (C=O) groups excluding carboxylic acids is 2. The molecule has 2 amide bonds. The number of rotatable bonds is 7. The van der Waals surface area contributed by atoms with E-state index in [9.17, 15) is 9.59 Å². The molecule has 1 aliphatic carbocycles. The first-order valence-corrected chi connectivity index (χ1v) is 10.4. The third-order valence-corrected chi connectivity index (χ3v) is 5.84. The van der Waals surface area contributed by atoms with Crippen molar-refractivity contribution in [3.05, 3.63) is 29.3 Å². The van der Waals surface area contributed by atoms with Crippen LogP contribution in [0.1, 0.15) is 67.8 Å². The number of thiazole rings is 1. The maximum Gasteiger partial charge on any atom is 0.272 e. The van der Waals surface area contributed by atoms with Crippen LogP contribution in [0.3, 0.4) is 0 Å². The molecule has 0 saturated carbocycles. The molecular formula is C20H27N5O3S. The molecular weight excluding hydrogens is 390 g/mol. The highest BCUT2D eigenvalue weighted by Gasteiger charge is 2.35. The first-order chi connectivity index (χ1) is 13.7. The molecule has 2 aromatic heterocycles. The molecule has 9 heteroatoms. The Hall–Kier alpha value is -2.68. The van der Waals surface area contributed by atoms with Gasteiger partial charge in [0.15, 0.2) is 10.8 Å². The van der Waals surface area contributed by atoms with E-state index in [1.54, 1.807) is 7.11 Å². The van der Waals surface area contributed by atoms with Gasteiger partial charge in [0.25, 0.3) is 5.91 Å². The topological polar surface area (TPSA) is 98.1 Å². The van der Waals surface area contributed by atoms with Crippen LogP contribution in [-0.2, 0) is 16.0 Å². The number of methoxy groups -OCH3 is 1. The van der Waals surface area contributed by atoms with E-state index in [-0.39, 0.29) is 23.8 Å². The highest BCUT2D eigenvalue weighted by atomic mass is 32.1. The number of aromatic nitrogens is 3. The van der Waals surface area contributed by atoms with Gasteiger partial charge in [0.1, 0.15) is 0 Å². The third-order valence-electron chi connectivity index (χ3n) is 4.82. The van der Waals surface area contributed by atoms with Crippen molar-refractivity contribution in [3.63, 3.8) is 0 Å². The van der Waals surface area contributed by atoms with Crippen molar-refractivity contribution in [3.8, 4) is 10.6 Å². The molecule has 0 aromatic carbocycles. The summed E-state index contributed by atoms with van der Waals surface area (Å²) >= 11 is 1.43. The van der Waals surface area contributed by atoms with Crippen LogP contribution in [0, 0.1) is 0 Å². The Kier molecular flexibility index (Phi) is 6.07. The summed E-state index contributed by atoms with van der Waals surface area (Å²) in [5.41, 5.74) is 3.25. The SMILES string of the molecule is C=C(CCNC(=O)c1nn(C(C)C)c2c1C(C)Cc1nc(NC(C)=O)sc1-2)OC. The summed E-state index contributed by atoms with van der Waals surface area (Å²) in [5.74, 6) is 0.353. The van der Waals surface area contributed by atoms with Crippen LogP contribution in [0.25, 0.3) is 10.6 Å². The van der Waals surface area contributed by atoms with Gasteiger partial charge < -0.3 is 15.4 Å². The molecule has 2 N–H and O–H groups in total. The average Bonchev–Trinajstić information content (AvgIpc) is 3.22. The van der Waals surface area contributed by atoms with E-state index < -0.39 is 0 Å². The van der Waals surface area contributed by atoms with Gasteiger partial charge >= 0.3 is 0 Å². The number of carbonyl (C=O) groups is 2. The molecule has 2 heterocycles. The minimum atomic E-state index is -0.202. The van der Waals surface area contributed by atoms with Crippen LogP contribution in [0.5, 0.6) is 0 Å². The molecule has 0 saturated heterocycles. The van der Waals surface area contributed by atoms with Crippen LogP contribution in [0.4, 0.5) is 5.13 Å². The van der Waals surface area contributed by atoms with Gasteiger partial charge in [-0.05, 0) is 26.2 Å². The first kappa shape index (κ1) is 21.0. The zero-order valence-electron chi connectivity index (χ0n) is 17.5. The molecule has 1 unspecified atom stereocenters. The Labute approximate surface area is 174 Å². The molecule has 0 radical (unpaired) electrons. The molecule has 2 aromatic rings. The van der Waals surface area contributed by atoms with Gasteiger partial charge in [-0.1, -0.05) is 24.8 Å². The zero-order chi connectivity index (χ0) is 21.3. The smallest absolute Gasteiger partial charge is 0.272 e. The van der Waals surface area contributed by atoms with E-state index in [1.165, 1.54) is 18.3 Å². The van der Waals surface area contributed by atoms with Crippen molar-refractivity contribution < 1.29 is 14.3 Å². The number of nitrogens with zero attached hydrogens (tertiary/aromatic N) is 3. The van der Waals surface area contributed by atoms with E-state index in [0.29, 0.717) is 36.0 Å². The summed E-state index contributed by atoms with van der Waals surface area (Å²) in [6.45, 7) is 11.8. The van der Waals surface area contributed by atoms with Gasteiger partial charge in [0, 0.05) is 31.5 Å². The zero-order valence-corrected chi connectivity index (χ0v) is 18.3. The van der Waals surface area contributed by atoms with E-state index in [0.717, 1.165) is 21.8 Å². The van der Waals surface area contributed by atoms with Gasteiger partial charge in [-0.15, -0.1) is 0 Å². The summed E-state index contributed by atoms with van der Waals surface area (Å²) in [6.07, 6.45) is 1.24. The minimum absolute atomic E-state index is 0.0723. The van der Waals surface area contributed by atoms with Crippen LogP contribution in [0.15, 0.2) is 12.3 Å². The highest BCUT2D eigenvalue weighted by molar-refractivity contribution is 7.19. The fourth-order valence-electron chi connectivity index (χ4n) is 3.45. The van der Waals surface area contributed by atoms with Gasteiger partial charge in [-0.3, -0.25) is 14.3 Å². The second kappa shape index (κ2) is 8.36. The number of hydrogen-bond donors (Lipinski definition) is 2. The number of nitrogens with one attached hydrogen (secondary N) is 2. The fourth-order valence-corrected chi connectivity index (χ4v) is 4.55.